The molecule has 0 fully saturated rings. The summed E-state index contributed by atoms with van der Waals surface area (Å²) in [4.78, 5) is 0. The van der Waals surface area contributed by atoms with Gasteiger partial charge in [-0.05, 0) is 60.7 Å². The van der Waals surface area contributed by atoms with Crippen LogP contribution in [0.5, 0.6) is 5.75 Å². The molecule has 0 N–H and O–H groups in total. The number of halogens is 1. The number of allylic oxidation sites excluding steroid dienone is 1. The first kappa shape index (κ1) is 18.1. The van der Waals surface area contributed by atoms with Crippen molar-refractivity contribution in [2.45, 2.75) is 33.6 Å². The second-order valence-corrected chi connectivity index (χ2v) is 6.39. The van der Waals surface area contributed by atoms with Crippen molar-refractivity contribution in [1.29, 1.82) is 5.26 Å². The summed E-state index contributed by atoms with van der Waals surface area (Å²) in [7, 11) is 0. The lowest BCUT2D eigenvalue weighted by atomic mass is 9.94. The minimum atomic E-state index is 0.338. The number of aryl methyl sites for hydroxylation is 1. The number of ether oxygens (including phenoxy) is 1. The van der Waals surface area contributed by atoms with Gasteiger partial charge in [0, 0.05) is 10.6 Å². The molecule has 0 atom stereocenters. The third-order valence-corrected chi connectivity index (χ3v) is 4.23. The van der Waals surface area contributed by atoms with E-state index < -0.39 is 0 Å². The van der Waals surface area contributed by atoms with Crippen LogP contribution in [-0.2, 0) is 0 Å². The second-order valence-electron chi connectivity index (χ2n) is 5.98. The van der Waals surface area contributed by atoms with Crippen LogP contribution >= 0.6 is 11.6 Å². The molecular weight excluding hydrogens is 318 g/mol. The molecule has 0 aliphatic heterocycles. The fourth-order valence-electron chi connectivity index (χ4n) is 2.61. The Balaban J connectivity index is 2.57. The van der Waals surface area contributed by atoms with Crippen molar-refractivity contribution in [3.05, 3.63) is 63.7 Å². The van der Waals surface area contributed by atoms with Gasteiger partial charge in [0.15, 0.2) is 0 Å². The summed E-state index contributed by atoms with van der Waals surface area (Å²) in [5.41, 5.74) is 4.54. The van der Waals surface area contributed by atoms with E-state index >= 15 is 0 Å². The molecule has 0 unspecified atom stereocenters. The van der Waals surface area contributed by atoms with E-state index in [2.05, 4.69) is 26.0 Å². The highest BCUT2D eigenvalue weighted by Crippen LogP contribution is 2.32. The number of hydrogen-bond donors (Lipinski definition) is 0. The molecule has 0 radical (unpaired) electrons. The maximum absolute atomic E-state index is 9.57. The molecule has 0 amide bonds. The maximum atomic E-state index is 9.57. The molecular formula is C21H22ClNO. The van der Waals surface area contributed by atoms with Gasteiger partial charge in [0.25, 0.3) is 0 Å². The topological polar surface area (TPSA) is 33.0 Å². The summed E-state index contributed by atoms with van der Waals surface area (Å²) < 4.78 is 5.76. The molecule has 0 heterocycles. The third kappa shape index (κ3) is 3.99. The molecule has 0 aliphatic carbocycles. The first-order valence-corrected chi connectivity index (χ1v) is 8.49. The Morgan fingerprint density at radius 3 is 2.58 bits per heavy atom. The molecule has 24 heavy (non-hydrogen) atoms. The molecule has 2 nitrogen and oxygen atoms in total. The molecule has 3 heteroatoms. The third-order valence-electron chi connectivity index (χ3n) is 3.90. The molecule has 0 saturated carbocycles. The summed E-state index contributed by atoms with van der Waals surface area (Å²) in [6.07, 6.45) is 1.90. The van der Waals surface area contributed by atoms with Gasteiger partial charge in [0.2, 0.25) is 0 Å². The summed E-state index contributed by atoms with van der Waals surface area (Å²) in [6, 6.07) is 13.8. The van der Waals surface area contributed by atoms with Gasteiger partial charge in [-0.2, -0.15) is 5.26 Å². The van der Waals surface area contributed by atoms with Crippen LogP contribution in [-0.4, -0.2) is 6.61 Å². The van der Waals surface area contributed by atoms with Crippen LogP contribution in [0, 0.1) is 18.3 Å². The Morgan fingerprint density at radius 2 is 2.00 bits per heavy atom. The van der Waals surface area contributed by atoms with Crippen molar-refractivity contribution >= 4 is 23.3 Å². The molecule has 0 saturated heterocycles. The Bertz CT molecular complexity index is 800. The zero-order valence-electron chi connectivity index (χ0n) is 14.6. The predicted octanol–water partition coefficient (Wildman–Crippen LogP) is 6.23. The summed E-state index contributed by atoms with van der Waals surface area (Å²) in [6.45, 7) is 8.93. The van der Waals surface area contributed by atoms with E-state index in [0.717, 1.165) is 28.0 Å². The Labute approximate surface area is 149 Å². The summed E-state index contributed by atoms with van der Waals surface area (Å²) >= 11 is 6.24. The van der Waals surface area contributed by atoms with Gasteiger partial charge >= 0.3 is 0 Å². The number of rotatable bonds is 5. The van der Waals surface area contributed by atoms with E-state index in [-0.39, 0.29) is 0 Å². The van der Waals surface area contributed by atoms with Crippen LogP contribution < -0.4 is 4.74 Å². The van der Waals surface area contributed by atoms with E-state index in [4.69, 9.17) is 16.3 Å². The normalized spacial score (nSPS) is 11.5. The molecule has 2 aromatic rings. The average Bonchev–Trinajstić information content (AvgIpc) is 2.55. The highest BCUT2D eigenvalue weighted by molar-refractivity contribution is 6.32. The first-order chi connectivity index (χ1) is 11.5. The monoisotopic (exact) mass is 339 g/mol. The zero-order valence-corrected chi connectivity index (χ0v) is 15.3. The van der Waals surface area contributed by atoms with Crippen LogP contribution in [0.3, 0.4) is 0 Å². The van der Waals surface area contributed by atoms with Crippen molar-refractivity contribution < 1.29 is 4.74 Å². The molecule has 0 aliphatic rings. The van der Waals surface area contributed by atoms with Crippen LogP contribution in [0.1, 0.15) is 48.9 Å². The van der Waals surface area contributed by atoms with Crippen molar-refractivity contribution in [3.8, 4) is 11.8 Å². The summed E-state index contributed by atoms with van der Waals surface area (Å²) in [5, 5.41) is 10.2. The Morgan fingerprint density at radius 1 is 1.29 bits per heavy atom. The maximum Gasteiger partial charge on any atom is 0.123 e. The van der Waals surface area contributed by atoms with Crippen molar-refractivity contribution in [2.24, 2.45) is 0 Å². The van der Waals surface area contributed by atoms with Gasteiger partial charge < -0.3 is 4.74 Å². The van der Waals surface area contributed by atoms with E-state index in [1.807, 2.05) is 44.2 Å². The predicted molar refractivity (Wildman–Crippen MR) is 101 cm³/mol. The lowest BCUT2D eigenvalue weighted by Crippen LogP contribution is -2.00. The fourth-order valence-corrected chi connectivity index (χ4v) is 2.85. The van der Waals surface area contributed by atoms with Crippen LogP contribution in [0.4, 0.5) is 0 Å². The van der Waals surface area contributed by atoms with E-state index in [1.54, 1.807) is 6.07 Å². The molecule has 0 bridgehead atoms. The molecule has 2 aromatic carbocycles. The van der Waals surface area contributed by atoms with Crippen molar-refractivity contribution in [2.75, 3.05) is 6.61 Å². The SMILES string of the molecule is CCOc1cc(C)c(C=C(C#N)c2ccccc2Cl)cc1C(C)C. The van der Waals surface area contributed by atoms with E-state index in [0.29, 0.717) is 23.1 Å². The first-order valence-electron chi connectivity index (χ1n) is 8.12. The van der Waals surface area contributed by atoms with Gasteiger partial charge in [-0.15, -0.1) is 0 Å². The van der Waals surface area contributed by atoms with E-state index in [9.17, 15) is 5.26 Å². The van der Waals surface area contributed by atoms with E-state index in [1.165, 1.54) is 0 Å². The number of nitrogens with zero attached hydrogens (tertiary/aromatic N) is 1. The lowest BCUT2D eigenvalue weighted by molar-refractivity contribution is 0.335. The van der Waals surface area contributed by atoms with Gasteiger partial charge in [-0.3, -0.25) is 0 Å². The zero-order chi connectivity index (χ0) is 17.7. The molecule has 2 rings (SSSR count). The minimum Gasteiger partial charge on any atom is -0.494 e. The standard InChI is InChI=1S/C21H22ClNO/c1-5-24-21-10-15(4)16(12-19(21)14(2)3)11-17(13-23)18-8-6-7-9-20(18)22/h6-12,14H,5H2,1-4H3. The van der Waals surface area contributed by atoms with Gasteiger partial charge in [0.05, 0.1) is 18.2 Å². The quantitative estimate of drug-likeness (QED) is 0.477. The number of benzene rings is 2. The molecule has 0 spiro atoms. The smallest absolute Gasteiger partial charge is 0.123 e. The Hall–Kier alpha value is -2.24. The highest BCUT2D eigenvalue weighted by atomic mass is 35.5. The number of nitriles is 1. The van der Waals surface area contributed by atoms with Crippen molar-refractivity contribution in [3.63, 3.8) is 0 Å². The van der Waals surface area contributed by atoms with Gasteiger partial charge in [-0.25, -0.2) is 0 Å². The minimum absolute atomic E-state index is 0.338. The molecule has 124 valence electrons. The number of hydrogen-bond acceptors (Lipinski definition) is 2. The van der Waals surface area contributed by atoms with Gasteiger partial charge in [0.1, 0.15) is 5.75 Å². The lowest BCUT2D eigenvalue weighted by Gasteiger charge is -2.16. The highest BCUT2D eigenvalue weighted by Gasteiger charge is 2.12. The second kappa shape index (κ2) is 8.04. The Kier molecular flexibility index (Phi) is 6.06. The fraction of sp³-hybridized carbons (Fsp3) is 0.286. The summed E-state index contributed by atoms with van der Waals surface area (Å²) in [5.74, 6) is 1.25. The van der Waals surface area contributed by atoms with Crippen LogP contribution in [0.2, 0.25) is 5.02 Å². The van der Waals surface area contributed by atoms with Crippen LogP contribution in [0.15, 0.2) is 36.4 Å². The van der Waals surface area contributed by atoms with Crippen LogP contribution in [0.25, 0.3) is 11.6 Å². The van der Waals surface area contributed by atoms with Crippen molar-refractivity contribution in [1.82, 2.24) is 0 Å². The average molecular weight is 340 g/mol. The largest absolute Gasteiger partial charge is 0.494 e. The van der Waals surface area contributed by atoms with Gasteiger partial charge in [-0.1, -0.05) is 43.6 Å². The molecule has 0 aromatic heterocycles.